The van der Waals surface area contributed by atoms with Crippen molar-refractivity contribution in [1.82, 2.24) is 20.2 Å². The molecule has 0 amide bonds. The minimum Gasteiger partial charge on any atom is -0.496 e. The van der Waals surface area contributed by atoms with Crippen LogP contribution < -0.4 is 9.47 Å². The summed E-state index contributed by atoms with van der Waals surface area (Å²) in [5.74, 6) is 0.194. The van der Waals surface area contributed by atoms with Gasteiger partial charge in [0.15, 0.2) is 11.4 Å². The Bertz CT molecular complexity index is 644. The van der Waals surface area contributed by atoms with Crippen molar-refractivity contribution in [2.75, 3.05) is 14.2 Å². The van der Waals surface area contributed by atoms with Gasteiger partial charge in [0.2, 0.25) is 0 Å². The molecule has 0 aliphatic heterocycles. The van der Waals surface area contributed by atoms with Crippen molar-refractivity contribution in [3.63, 3.8) is 0 Å². The van der Waals surface area contributed by atoms with Gasteiger partial charge in [0, 0.05) is 0 Å². The molecule has 0 fully saturated rings. The molecule has 2 rings (SSSR count). The molecule has 112 valence electrons. The van der Waals surface area contributed by atoms with Crippen molar-refractivity contribution in [1.29, 1.82) is 0 Å². The first-order valence-electron chi connectivity index (χ1n) is 6.17. The van der Waals surface area contributed by atoms with E-state index in [1.807, 2.05) is 0 Å². The molecule has 0 aliphatic rings. The molecule has 0 saturated carbocycles. The number of benzene rings is 1. The Morgan fingerprint density at radius 2 is 1.81 bits per heavy atom. The fourth-order valence-corrected chi connectivity index (χ4v) is 1.88. The van der Waals surface area contributed by atoms with E-state index in [0.717, 1.165) is 0 Å². The molecule has 0 saturated heterocycles. The van der Waals surface area contributed by atoms with Gasteiger partial charge in [-0.3, -0.25) is 0 Å². The summed E-state index contributed by atoms with van der Waals surface area (Å²) in [6, 6.07) is 5.22. The first-order valence-corrected chi connectivity index (χ1v) is 6.17. The molecule has 1 aromatic carbocycles. The lowest BCUT2D eigenvalue weighted by Gasteiger charge is -2.21. The number of carboxylic acid groups (broad SMARTS) is 1. The second-order valence-electron chi connectivity index (χ2n) is 4.82. The van der Waals surface area contributed by atoms with Gasteiger partial charge in [0.05, 0.1) is 14.2 Å². The number of nitrogens with zero attached hydrogens (tertiary/aromatic N) is 4. The van der Waals surface area contributed by atoms with Gasteiger partial charge in [-0.15, -0.1) is 5.10 Å². The van der Waals surface area contributed by atoms with Crippen LogP contribution in [0.15, 0.2) is 18.2 Å². The quantitative estimate of drug-likeness (QED) is 0.883. The number of carbonyl (C=O) groups is 1. The van der Waals surface area contributed by atoms with Crippen LogP contribution in [-0.4, -0.2) is 45.5 Å². The smallest absolute Gasteiger partial charge is 0.331 e. The maximum atomic E-state index is 11.4. The van der Waals surface area contributed by atoms with E-state index >= 15 is 0 Å². The summed E-state index contributed by atoms with van der Waals surface area (Å²) in [7, 11) is 3.02. The third kappa shape index (κ3) is 2.39. The predicted molar refractivity (Wildman–Crippen MR) is 73.3 cm³/mol. The maximum absolute atomic E-state index is 11.4. The lowest BCUT2D eigenvalue weighted by molar-refractivity contribution is -0.146. The summed E-state index contributed by atoms with van der Waals surface area (Å²) in [6.45, 7) is 3.02. The first kappa shape index (κ1) is 14.8. The number of tetrazole rings is 1. The Morgan fingerprint density at radius 3 is 2.29 bits per heavy atom. The Hall–Kier alpha value is -2.64. The van der Waals surface area contributed by atoms with Crippen molar-refractivity contribution in [3.8, 4) is 22.9 Å². The topological polar surface area (TPSA) is 99.4 Å². The molecule has 2 aromatic rings. The van der Waals surface area contributed by atoms with E-state index in [1.165, 1.54) is 32.7 Å². The number of aromatic nitrogens is 4. The summed E-state index contributed by atoms with van der Waals surface area (Å²) in [5, 5.41) is 20.7. The lowest BCUT2D eigenvalue weighted by atomic mass is 10.1. The van der Waals surface area contributed by atoms with Crippen molar-refractivity contribution in [2.24, 2.45) is 0 Å². The van der Waals surface area contributed by atoms with Crippen molar-refractivity contribution >= 4 is 5.97 Å². The van der Waals surface area contributed by atoms with Crippen molar-refractivity contribution < 1.29 is 19.4 Å². The van der Waals surface area contributed by atoms with Gasteiger partial charge >= 0.3 is 5.97 Å². The second kappa shape index (κ2) is 5.39. The average Bonchev–Trinajstić information content (AvgIpc) is 2.95. The van der Waals surface area contributed by atoms with Crippen LogP contribution in [0.4, 0.5) is 0 Å². The Kier molecular flexibility index (Phi) is 3.79. The Morgan fingerprint density at radius 1 is 1.24 bits per heavy atom. The Balaban J connectivity index is 2.70. The minimum absolute atomic E-state index is 0.261. The monoisotopic (exact) mass is 292 g/mol. The van der Waals surface area contributed by atoms with Crippen LogP contribution in [0, 0.1) is 0 Å². The zero-order valence-corrected chi connectivity index (χ0v) is 12.2. The third-order valence-electron chi connectivity index (χ3n) is 3.17. The molecule has 8 heteroatoms. The number of carboxylic acids is 1. The SMILES string of the molecule is COc1cccc(OC)c1-c1nnnn1C(C)(C)C(=O)O. The van der Waals surface area contributed by atoms with Crippen molar-refractivity contribution in [2.45, 2.75) is 19.4 Å². The number of ether oxygens (including phenoxy) is 2. The van der Waals surface area contributed by atoms with Gasteiger partial charge in [0.25, 0.3) is 0 Å². The standard InChI is InChI=1S/C13H16N4O4/c1-13(2,12(18)19)17-11(14-15-16-17)10-8(20-3)6-5-7-9(10)21-4/h5-7H,1-4H3,(H,18,19). The molecule has 0 unspecified atom stereocenters. The van der Waals surface area contributed by atoms with Crippen LogP contribution in [0.25, 0.3) is 11.4 Å². The molecule has 0 spiro atoms. The molecule has 8 nitrogen and oxygen atoms in total. The molecule has 1 aromatic heterocycles. The minimum atomic E-state index is -1.31. The highest BCUT2D eigenvalue weighted by atomic mass is 16.5. The van der Waals surface area contributed by atoms with E-state index in [-0.39, 0.29) is 5.82 Å². The molecule has 0 atom stereocenters. The normalized spacial score (nSPS) is 11.2. The molecular weight excluding hydrogens is 276 g/mol. The van der Waals surface area contributed by atoms with E-state index < -0.39 is 11.5 Å². The number of hydrogen-bond acceptors (Lipinski definition) is 6. The number of aliphatic carboxylic acids is 1. The fraction of sp³-hybridized carbons (Fsp3) is 0.385. The molecular formula is C13H16N4O4. The van der Waals surface area contributed by atoms with Gasteiger partial charge in [-0.25, -0.2) is 9.48 Å². The maximum Gasteiger partial charge on any atom is 0.331 e. The molecule has 1 N–H and O–H groups in total. The van der Waals surface area contributed by atoms with Crippen molar-refractivity contribution in [3.05, 3.63) is 18.2 Å². The lowest BCUT2D eigenvalue weighted by Crippen LogP contribution is -2.37. The summed E-state index contributed by atoms with van der Waals surface area (Å²) >= 11 is 0. The van der Waals surface area contributed by atoms with E-state index in [9.17, 15) is 9.90 Å². The number of hydrogen-bond donors (Lipinski definition) is 1. The highest BCUT2D eigenvalue weighted by Crippen LogP contribution is 2.38. The van der Waals surface area contributed by atoms with Crippen LogP contribution >= 0.6 is 0 Å². The van der Waals surface area contributed by atoms with E-state index in [2.05, 4.69) is 15.5 Å². The van der Waals surface area contributed by atoms with Gasteiger partial charge < -0.3 is 14.6 Å². The summed E-state index contributed by atoms with van der Waals surface area (Å²) < 4.78 is 11.8. The Labute approximate surface area is 121 Å². The third-order valence-corrected chi connectivity index (χ3v) is 3.17. The van der Waals surface area contributed by atoms with Gasteiger partial charge in [-0.05, 0) is 36.4 Å². The number of methoxy groups -OCH3 is 2. The van der Waals surface area contributed by atoms with Crippen LogP contribution in [0.1, 0.15) is 13.8 Å². The van der Waals surface area contributed by atoms with Gasteiger partial charge in [0.1, 0.15) is 17.1 Å². The molecule has 0 radical (unpaired) electrons. The highest BCUT2D eigenvalue weighted by molar-refractivity contribution is 5.78. The molecule has 0 bridgehead atoms. The second-order valence-corrected chi connectivity index (χ2v) is 4.82. The van der Waals surface area contributed by atoms with Crippen LogP contribution in [-0.2, 0) is 10.3 Å². The first-order chi connectivity index (χ1) is 9.93. The largest absolute Gasteiger partial charge is 0.496 e. The predicted octanol–water partition coefficient (Wildman–Crippen LogP) is 1.18. The summed E-state index contributed by atoms with van der Waals surface area (Å²) in [4.78, 5) is 11.4. The highest BCUT2D eigenvalue weighted by Gasteiger charge is 2.35. The van der Waals surface area contributed by atoms with Crippen LogP contribution in [0.5, 0.6) is 11.5 Å². The van der Waals surface area contributed by atoms with E-state index in [0.29, 0.717) is 17.1 Å². The van der Waals surface area contributed by atoms with Crippen LogP contribution in [0.2, 0.25) is 0 Å². The van der Waals surface area contributed by atoms with E-state index in [4.69, 9.17) is 9.47 Å². The fourth-order valence-electron chi connectivity index (χ4n) is 1.88. The summed E-state index contributed by atoms with van der Waals surface area (Å²) in [6.07, 6.45) is 0. The number of rotatable bonds is 5. The zero-order valence-electron chi connectivity index (χ0n) is 12.2. The van der Waals surface area contributed by atoms with Crippen LogP contribution in [0.3, 0.4) is 0 Å². The molecule has 1 heterocycles. The molecule has 0 aliphatic carbocycles. The van der Waals surface area contributed by atoms with Gasteiger partial charge in [-0.1, -0.05) is 6.07 Å². The summed E-state index contributed by atoms with van der Waals surface area (Å²) in [5.41, 5.74) is -0.813. The zero-order chi connectivity index (χ0) is 15.6. The average molecular weight is 292 g/mol. The van der Waals surface area contributed by atoms with E-state index in [1.54, 1.807) is 18.2 Å². The van der Waals surface area contributed by atoms with Gasteiger partial charge in [-0.2, -0.15) is 0 Å². The molecule has 21 heavy (non-hydrogen) atoms.